The summed E-state index contributed by atoms with van der Waals surface area (Å²) in [6.07, 6.45) is 3.67. The molecule has 2 aliphatic carbocycles. The monoisotopic (exact) mass is 415 g/mol. The Balaban J connectivity index is 1.31. The molecule has 0 aromatic carbocycles. The Morgan fingerprint density at radius 2 is 1.80 bits per heavy atom. The fourth-order valence-corrected chi connectivity index (χ4v) is 5.78. The number of hydrogen-bond acceptors (Lipinski definition) is 5. The molecule has 0 unspecified atom stereocenters. The van der Waals surface area contributed by atoms with Gasteiger partial charge in [-0.3, -0.25) is 9.58 Å². The summed E-state index contributed by atoms with van der Waals surface area (Å²) in [5.41, 5.74) is 8.07. The second kappa shape index (κ2) is 6.99. The van der Waals surface area contributed by atoms with Crippen molar-refractivity contribution in [2.75, 3.05) is 32.0 Å². The molecular formula is C22H27F2N5O. The minimum atomic E-state index is -2.64. The number of nitrogens with zero attached hydrogens (tertiary/aromatic N) is 4. The highest BCUT2D eigenvalue weighted by Crippen LogP contribution is 2.59. The van der Waals surface area contributed by atoms with E-state index in [-0.39, 0.29) is 11.4 Å². The van der Waals surface area contributed by atoms with E-state index in [1.165, 1.54) is 24.6 Å². The molecule has 2 saturated heterocycles. The molecule has 8 heteroatoms. The Hall–Kier alpha value is -2.06. The summed E-state index contributed by atoms with van der Waals surface area (Å²) in [6.45, 7) is 4.00. The highest BCUT2D eigenvalue weighted by molar-refractivity contribution is 5.63. The zero-order chi connectivity index (χ0) is 20.4. The van der Waals surface area contributed by atoms with Crippen LogP contribution in [0.2, 0.25) is 0 Å². The molecule has 2 aliphatic heterocycles. The molecule has 0 amide bonds. The summed E-state index contributed by atoms with van der Waals surface area (Å²) in [6, 6.07) is 4.59. The third-order valence-corrected chi connectivity index (χ3v) is 7.62. The van der Waals surface area contributed by atoms with Crippen molar-refractivity contribution in [1.29, 1.82) is 0 Å². The molecule has 6 rings (SSSR count). The molecule has 0 radical (unpaired) electrons. The predicted molar refractivity (Wildman–Crippen MR) is 108 cm³/mol. The van der Waals surface area contributed by atoms with Gasteiger partial charge in [-0.25, -0.2) is 13.8 Å². The largest absolute Gasteiger partial charge is 0.383 e. The molecule has 0 spiro atoms. The lowest BCUT2D eigenvalue weighted by molar-refractivity contribution is -0.0610. The van der Waals surface area contributed by atoms with Crippen molar-refractivity contribution in [2.24, 2.45) is 11.8 Å². The van der Waals surface area contributed by atoms with Gasteiger partial charge in [0.15, 0.2) is 0 Å². The fraction of sp³-hybridized carbons (Fsp3) is 0.636. The van der Waals surface area contributed by atoms with Crippen LogP contribution in [0.3, 0.4) is 0 Å². The van der Waals surface area contributed by atoms with Gasteiger partial charge in [0.05, 0.1) is 36.6 Å². The SMILES string of the molecule is Nc1ncc(-c2cc([C@H]3[C@@H]4CN(C5COC5)C[C@@H]43)n(C3CCCC3)n2)cc1C(F)F. The number of halogens is 2. The van der Waals surface area contributed by atoms with Gasteiger partial charge in [-0.05, 0) is 36.8 Å². The number of rotatable bonds is 5. The molecule has 4 fully saturated rings. The van der Waals surface area contributed by atoms with Gasteiger partial charge in [-0.2, -0.15) is 5.10 Å². The predicted octanol–water partition coefficient (Wildman–Crippen LogP) is 3.62. The van der Waals surface area contributed by atoms with Crippen LogP contribution in [0, 0.1) is 11.8 Å². The molecule has 2 aromatic rings. The van der Waals surface area contributed by atoms with E-state index in [1.54, 1.807) is 6.20 Å². The van der Waals surface area contributed by atoms with Crippen LogP contribution < -0.4 is 5.73 Å². The maximum absolute atomic E-state index is 13.3. The number of hydrogen-bond donors (Lipinski definition) is 1. The third kappa shape index (κ3) is 2.95. The van der Waals surface area contributed by atoms with Crippen LogP contribution in [0.15, 0.2) is 18.3 Å². The molecule has 160 valence electrons. The van der Waals surface area contributed by atoms with Crippen LogP contribution in [0.1, 0.15) is 55.3 Å². The van der Waals surface area contributed by atoms with Gasteiger partial charge < -0.3 is 10.5 Å². The van der Waals surface area contributed by atoms with Crippen LogP contribution in [0.4, 0.5) is 14.6 Å². The van der Waals surface area contributed by atoms with E-state index >= 15 is 0 Å². The molecule has 30 heavy (non-hydrogen) atoms. The number of aromatic nitrogens is 3. The van der Waals surface area contributed by atoms with Gasteiger partial charge in [0.25, 0.3) is 6.43 Å². The van der Waals surface area contributed by atoms with Crippen molar-refractivity contribution in [3.8, 4) is 11.3 Å². The maximum atomic E-state index is 13.3. The van der Waals surface area contributed by atoms with Crippen LogP contribution in [0.25, 0.3) is 11.3 Å². The molecule has 2 saturated carbocycles. The van der Waals surface area contributed by atoms with Gasteiger partial charge in [-0.15, -0.1) is 0 Å². The van der Waals surface area contributed by atoms with E-state index in [0.717, 1.165) is 44.8 Å². The lowest BCUT2D eigenvalue weighted by Crippen LogP contribution is -2.48. The van der Waals surface area contributed by atoms with Crippen molar-refractivity contribution in [3.63, 3.8) is 0 Å². The van der Waals surface area contributed by atoms with Crippen LogP contribution in [-0.2, 0) is 4.74 Å². The van der Waals surface area contributed by atoms with Crippen molar-refractivity contribution < 1.29 is 13.5 Å². The van der Waals surface area contributed by atoms with Gasteiger partial charge in [0.2, 0.25) is 0 Å². The topological polar surface area (TPSA) is 69.2 Å². The Bertz CT molecular complexity index is 941. The van der Waals surface area contributed by atoms with E-state index in [4.69, 9.17) is 15.6 Å². The number of fused-ring (bicyclic) bond motifs is 1. The molecular weight excluding hydrogens is 388 g/mol. The molecule has 2 aromatic heterocycles. The van der Waals surface area contributed by atoms with Crippen molar-refractivity contribution in [2.45, 2.75) is 50.1 Å². The van der Waals surface area contributed by atoms with Crippen LogP contribution in [0.5, 0.6) is 0 Å². The summed E-state index contributed by atoms with van der Waals surface area (Å²) in [5.74, 6) is 1.77. The van der Waals surface area contributed by atoms with Gasteiger partial charge >= 0.3 is 0 Å². The van der Waals surface area contributed by atoms with Gasteiger partial charge in [0, 0.05) is 36.5 Å². The van der Waals surface area contributed by atoms with E-state index < -0.39 is 6.43 Å². The minimum Gasteiger partial charge on any atom is -0.383 e. The first-order valence-electron chi connectivity index (χ1n) is 11.1. The maximum Gasteiger partial charge on any atom is 0.267 e. The summed E-state index contributed by atoms with van der Waals surface area (Å²) < 4.78 is 34.2. The van der Waals surface area contributed by atoms with Crippen molar-refractivity contribution in [1.82, 2.24) is 19.7 Å². The molecule has 0 bridgehead atoms. The number of piperidine rings is 1. The van der Waals surface area contributed by atoms with Gasteiger partial charge in [-0.1, -0.05) is 12.8 Å². The number of anilines is 1. The Kier molecular flexibility index (Phi) is 4.35. The zero-order valence-corrected chi connectivity index (χ0v) is 16.9. The first kappa shape index (κ1) is 18.7. The molecule has 4 aliphatic rings. The number of ether oxygens (including phenoxy) is 1. The normalized spacial score (nSPS) is 29.5. The van der Waals surface area contributed by atoms with Crippen LogP contribution >= 0.6 is 0 Å². The first-order chi connectivity index (χ1) is 14.6. The summed E-state index contributed by atoms with van der Waals surface area (Å²) in [4.78, 5) is 6.58. The number of likely N-dealkylation sites (tertiary alicyclic amines) is 1. The van der Waals surface area contributed by atoms with E-state index in [1.807, 2.05) is 0 Å². The van der Waals surface area contributed by atoms with E-state index in [2.05, 4.69) is 20.6 Å². The Morgan fingerprint density at radius 3 is 2.43 bits per heavy atom. The van der Waals surface area contributed by atoms with Crippen molar-refractivity contribution >= 4 is 5.82 Å². The van der Waals surface area contributed by atoms with E-state index in [0.29, 0.717) is 35.4 Å². The first-order valence-corrected chi connectivity index (χ1v) is 11.1. The smallest absolute Gasteiger partial charge is 0.267 e. The Labute approximate surface area is 174 Å². The summed E-state index contributed by atoms with van der Waals surface area (Å²) in [5, 5.41) is 4.92. The zero-order valence-electron chi connectivity index (χ0n) is 16.9. The number of alkyl halides is 2. The lowest BCUT2D eigenvalue weighted by Gasteiger charge is -2.35. The summed E-state index contributed by atoms with van der Waals surface area (Å²) >= 11 is 0. The summed E-state index contributed by atoms with van der Waals surface area (Å²) in [7, 11) is 0. The molecule has 6 nitrogen and oxygen atoms in total. The highest BCUT2D eigenvalue weighted by Gasteiger charge is 2.59. The second-order valence-electron chi connectivity index (χ2n) is 9.34. The van der Waals surface area contributed by atoms with Crippen LogP contribution in [-0.4, -0.2) is 52.0 Å². The second-order valence-corrected chi connectivity index (χ2v) is 9.34. The number of pyridine rings is 1. The molecule has 2 N–H and O–H groups in total. The highest BCUT2D eigenvalue weighted by atomic mass is 19.3. The minimum absolute atomic E-state index is 0.110. The van der Waals surface area contributed by atoms with E-state index in [9.17, 15) is 8.78 Å². The molecule has 4 heterocycles. The molecule has 3 atom stereocenters. The quantitative estimate of drug-likeness (QED) is 0.808. The number of nitrogen functional groups attached to an aromatic ring is 1. The van der Waals surface area contributed by atoms with Crippen molar-refractivity contribution in [3.05, 3.63) is 29.6 Å². The fourth-order valence-electron chi connectivity index (χ4n) is 5.78. The van der Waals surface area contributed by atoms with Gasteiger partial charge in [0.1, 0.15) is 5.82 Å². The number of nitrogens with two attached hydrogens (primary N) is 1. The lowest BCUT2D eigenvalue weighted by atomic mass is 10.1. The average molecular weight is 415 g/mol. The average Bonchev–Trinajstić information content (AvgIpc) is 3.18. The third-order valence-electron chi connectivity index (χ3n) is 7.62. The Morgan fingerprint density at radius 1 is 1.07 bits per heavy atom. The standard InChI is InChI=1S/C22H27F2N5O/c23-21(24)15-5-12(7-26-22(15)25)18-6-19(29(27-18)13-3-1-2-4-13)20-16-8-28(9-17(16)20)14-10-30-11-14/h5-7,13-14,16-17,20-21H,1-4,8-11H2,(H2,25,26)/t16-,17+,20+.